The molecule has 0 unspecified atom stereocenters. The summed E-state index contributed by atoms with van der Waals surface area (Å²) in [4.78, 5) is 34.9. The lowest BCUT2D eigenvalue weighted by atomic mass is 10.2. The molecule has 1 heterocycles. The molecule has 23 heavy (non-hydrogen) atoms. The molecule has 0 aromatic heterocycles. The van der Waals surface area contributed by atoms with Crippen molar-refractivity contribution >= 4 is 52.4 Å². The predicted octanol–water partition coefficient (Wildman–Crippen LogP) is 2.13. The first-order chi connectivity index (χ1) is 10.9. The molecule has 1 aromatic rings. The van der Waals surface area contributed by atoms with E-state index in [-0.39, 0.29) is 24.5 Å². The summed E-state index contributed by atoms with van der Waals surface area (Å²) in [5.74, 6) is -1.60. The van der Waals surface area contributed by atoms with Crippen molar-refractivity contribution in [2.75, 3.05) is 5.32 Å². The highest BCUT2D eigenvalue weighted by Gasteiger charge is 2.24. The van der Waals surface area contributed by atoms with Gasteiger partial charge in [0.15, 0.2) is 6.10 Å². The molecule has 1 aliphatic rings. The molecule has 0 spiro atoms. The Kier molecular flexibility index (Phi) is 5.57. The van der Waals surface area contributed by atoms with E-state index in [4.69, 9.17) is 27.9 Å². The van der Waals surface area contributed by atoms with Crippen LogP contribution in [0.25, 0.3) is 0 Å². The van der Waals surface area contributed by atoms with Gasteiger partial charge in [-0.05, 0) is 25.1 Å². The van der Waals surface area contributed by atoms with Crippen LogP contribution in [0.4, 0.5) is 5.69 Å². The van der Waals surface area contributed by atoms with Crippen LogP contribution < -0.4 is 10.7 Å². The first kappa shape index (κ1) is 17.2. The molecule has 0 saturated carbocycles. The molecule has 2 N–H and O–H groups in total. The Morgan fingerprint density at radius 1 is 1.35 bits per heavy atom. The molecular weight excluding hydrogens is 345 g/mol. The van der Waals surface area contributed by atoms with E-state index in [0.29, 0.717) is 15.7 Å². The van der Waals surface area contributed by atoms with E-state index in [1.165, 1.54) is 19.1 Å². The van der Waals surface area contributed by atoms with E-state index >= 15 is 0 Å². The number of amides is 2. The van der Waals surface area contributed by atoms with Crippen LogP contribution in [0.15, 0.2) is 23.3 Å². The third kappa shape index (κ3) is 4.67. The van der Waals surface area contributed by atoms with Crippen LogP contribution in [0.5, 0.6) is 0 Å². The van der Waals surface area contributed by atoms with E-state index in [1.807, 2.05) is 0 Å². The van der Waals surface area contributed by atoms with Crippen LogP contribution in [0.2, 0.25) is 10.0 Å². The fraction of sp³-hybridized carbons (Fsp3) is 0.286. The zero-order chi connectivity index (χ0) is 17.0. The first-order valence-electron chi connectivity index (χ1n) is 6.69. The molecule has 0 bridgehead atoms. The van der Waals surface area contributed by atoms with Gasteiger partial charge in [0.05, 0.1) is 10.7 Å². The third-order valence-electron chi connectivity index (χ3n) is 2.98. The molecule has 2 amide bonds. The molecule has 9 heteroatoms. The Morgan fingerprint density at radius 3 is 2.74 bits per heavy atom. The van der Waals surface area contributed by atoms with E-state index in [9.17, 15) is 14.4 Å². The molecule has 0 fully saturated rings. The van der Waals surface area contributed by atoms with E-state index in [0.717, 1.165) is 0 Å². The van der Waals surface area contributed by atoms with Gasteiger partial charge < -0.3 is 10.1 Å². The number of carbonyl (C=O) groups is 3. The van der Waals surface area contributed by atoms with Gasteiger partial charge in [0, 0.05) is 17.9 Å². The average molecular weight is 358 g/mol. The molecule has 122 valence electrons. The lowest BCUT2D eigenvalue weighted by molar-refractivity contribution is -0.146. The summed E-state index contributed by atoms with van der Waals surface area (Å²) in [5.41, 5.74) is 2.56. The average Bonchev–Trinajstić information content (AvgIpc) is 2.51. The number of nitrogens with one attached hydrogen (secondary N) is 2. The summed E-state index contributed by atoms with van der Waals surface area (Å²) in [5, 5.41) is 6.84. The van der Waals surface area contributed by atoms with Crippen LogP contribution in [0, 0.1) is 0 Å². The molecule has 0 radical (unpaired) electrons. The zero-order valence-electron chi connectivity index (χ0n) is 12.1. The minimum atomic E-state index is -1.07. The highest BCUT2D eigenvalue weighted by Crippen LogP contribution is 2.25. The van der Waals surface area contributed by atoms with Gasteiger partial charge >= 0.3 is 5.97 Å². The highest BCUT2D eigenvalue weighted by atomic mass is 35.5. The number of halogens is 2. The number of benzene rings is 1. The Balaban J connectivity index is 1.96. The highest BCUT2D eigenvalue weighted by molar-refractivity contribution is 6.37. The summed E-state index contributed by atoms with van der Waals surface area (Å²) >= 11 is 11.8. The maximum atomic E-state index is 12.0. The number of hydrogen-bond donors (Lipinski definition) is 2. The van der Waals surface area contributed by atoms with Crippen LogP contribution >= 0.6 is 23.2 Å². The van der Waals surface area contributed by atoms with Crippen molar-refractivity contribution in [3.63, 3.8) is 0 Å². The van der Waals surface area contributed by atoms with Crippen molar-refractivity contribution in [2.24, 2.45) is 5.10 Å². The fourth-order valence-electron chi connectivity index (χ4n) is 1.73. The van der Waals surface area contributed by atoms with Crippen molar-refractivity contribution < 1.29 is 19.1 Å². The second kappa shape index (κ2) is 7.43. The lowest BCUT2D eigenvalue weighted by Gasteiger charge is -2.16. The summed E-state index contributed by atoms with van der Waals surface area (Å²) < 4.78 is 5.02. The van der Waals surface area contributed by atoms with E-state index in [2.05, 4.69) is 15.8 Å². The number of nitrogens with zero attached hydrogens (tertiary/aromatic N) is 1. The normalized spacial score (nSPS) is 15.3. The fourth-order valence-corrected chi connectivity index (χ4v) is 2.07. The zero-order valence-corrected chi connectivity index (χ0v) is 13.6. The first-order valence-corrected chi connectivity index (χ1v) is 7.44. The van der Waals surface area contributed by atoms with Crippen LogP contribution in [-0.2, 0) is 19.1 Å². The Hall–Kier alpha value is -2.12. The summed E-state index contributed by atoms with van der Waals surface area (Å²) in [7, 11) is 0. The van der Waals surface area contributed by atoms with Crippen molar-refractivity contribution in [1.82, 2.24) is 5.43 Å². The van der Waals surface area contributed by atoms with Crippen LogP contribution in [-0.4, -0.2) is 29.6 Å². The molecule has 1 aliphatic heterocycles. The number of carbonyl (C=O) groups excluding carboxylic acids is 3. The van der Waals surface area contributed by atoms with Crippen molar-refractivity contribution in [3.8, 4) is 0 Å². The van der Waals surface area contributed by atoms with Crippen molar-refractivity contribution in [3.05, 3.63) is 28.2 Å². The van der Waals surface area contributed by atoms with Gasteiger partial charge in [-0.3, -0.25) is 9.59 Å². The Labute approximate surface area is 142 Å². The monoisotopic (exact) mass is 357 g/mol. The number of esters is 1. The van der Waals surface area contributed by atoms with Crippen molar-refractivity contribution in [1.29, 1.82) is 0 Å². The van der Waals surface area contributed by atoms with Gasteiger partial charge in [-0.15, -0.1) is 0 Å². The molecule has 1 atom stereocenters. The smallest absolute Gasteiger partial charge is 0.355 e. The van der Waals surface area contributed by atoms with Gasteiger partial charge in [-0.2, -0.15) is 5.10 Å². The SMILES string of the molecule is C[C@H](OC(=O)C1=NNC(=O)CC1)C(=O)Nc1cc(Cl)ccc1Cl. The summed E-state index contributed by atoms with van der Waals surface area (Å²) in [6.45, 7) is 1.41. The Bertz CT molecular complexity index is 691. The second-order valence-electron chi connectivity index (χ2n) is 4.75. The third-order valence-corrected chi connectivity index (χ3v) is 3.54. The molecule has 2 rings (SSSR count). The van der Waals surface area contributed by atoms with Gasteiger partial charge in [0.25, 0.3) is 5.91 Å². The van der Waals surface area contributed by atoms with Crippen molar-refractivity contribution in [2.45, 2.75) is 25.9 Å². The van der Waals surface area contributed by atoms with Gasteiger partial charge in [-0.25, -0.2) is 10.2 Å². The van der Waals surface area contributed by atoms with Gasteiger partial charge in [0.2, 0.25) is 5.91 Å². The molecule has 1 aromatic carbocycles. The number of ether oxygens (including phenoxy) is 1. The van der Waals surface area contributed by atoms with Crippen LogP contribution in [0.3, 0.4) is 0 Å². The molecule has 7 nitrogen and oxygen atoms in total. The maximum Gasteiger partial charge on any atom is 0.355 e. The molecular formula is C14H13Cl2N3O4. The largest absolute Gasteiger partial charge is 0.448 e. The van der Waals surface area contributed by atoms with Gasteiger partial charge in [0.1, 0.15) is 5.71 Å². The maximum absolute atomic E-state index is 12.0. The quantitative estimate of drug-likeness (QED) is 0.806. The number of rotatable bonds is 4. The predicted molar refractivity (Wildman–Crippen MR) is 85.5 cm³/mol. The molecule has 0 aliphatic carbocycles. The molecule has 0 saturated heterocycles. The number of hydrogen-bond acceptors (Lipinski definition) is 5. The van der Waals surface area contributed by atoms with E-state index in [1.54, 1.807) is 6.07 Å². The van der Waals surface area contributed by atoms with Gasteiger partial charge in [-0.1, -0.05) is 23.2 Å². The minimum absolute atomic E-state index is 0.0602. The van der Waals surface area contributed by atoms with E-state index < -0.39 is 18.0 Å². The topological polar surface area (TPSA) is 96.9 Å². The Morgan fingerprint density at radius 2 is 2.09 bits per heavy atom. The minimum Gasteiger partial charge on any atom is -0.448 e. The summed E-state index contributed by atoms with van der Waals surface area (Å²) in [6, 6.07) is 4.60. The number of hydrazone groups is 1. The number of anilines is 1. The van der Waals surface area contributed by atoms with Crippen LogP contribution in [0.1, 0.15) is 19.8 Å². The summed E-state index contributed by atoms with van der Waals surface area (Å²) in [6.07, 6.45) is -0.760. The standard InChI is InChI=1S/C14H13Cl2N3O4/c1-7(23-14(22)10-4-5-12(20)19-18-10)13(21)17-11-6-8(15)2-3-9(11)16/h2-3,6-7H,4-5H2,1H3,(H,17,21)(H,19,20)/t7-/m0/s1. The lowest BCUT2D eigenvalue weighted by Crippen LogP contribution is -2.35. The second-order valence-corrected chi connectivity index (χ2v) is 5.60.